The number of nitrogens with zero attached hydrogens (tertiary/aromatic N) is 2. The van der Waals surface area contributed by atoms with Crippen LogP contribution < -0.4 is 5.32 Å². The Hall–Kier alpha value is -1.12. The molecule has 4 nitrogen and oxygen atoms in total. The van der Waals surface area contributed by atoms with E-state index < -0.39 is 0 Å². The van der Waals surface area contributed by atoms with Crippen molar-refractivity contribution in [2.24, 2.45) is 0 Å². The molecule has 1 atom stereocenters. The molecule has 1 heterocycles. The molecule has 1 aromatic rings. The summed E-state index contributed by atoms with van der Waals surface area (Å²) in [6.07, 6.45) is 0. The average molecular weight is 280 g/mol. The fraction of sp³-hybridized carbons (Fsp3) is 0.500. The molecule has 0 amide bonds. The SMILES string of the molecule is N#CC(NCCN1CCOCC1)c1ccc(Cl)cc1. The third-order valence-electron chi connectivity index (χ3n) is 3.21. The van der Waals surface area contributed by atoms with Crippen LogP contribution in [-0.2, 0) is 4.74 Å². The number of halogens is 1. The van der Waals surface area contributed by atoms with Crippen LogP contribution in [0.15, 0.2) is 24.3 Å². The van der Waals surface area contributed by atoms with Crippen molar-refractivity contribution >= 4 is 11.6 Å². The number of nitrogens with one attached hydrogen (secondary N) is 1. The number of ether oxygens (including phenoxy) is 1. The largest absolute Gasteiger partial charge is 0.379 e. The molecule has 1 saturated heterocycles. The van der Waals surface area contributed by atoms with Crippen LogP contribution in [0, 0.1) is 11.3 Å². The van der Waals surface area contributed by atoms with Crippen molar-refractivity contribution in [1.82, 2.24) is 10.2 Å². The molecule has 0 spiro atoms. The van der Waals surface area contributed by atoms with Crippen LogP contribution in [0.25, 0.3) is 0 Å². The average Bonchev–Trinajstić information content (AvgIpc) is 2.46. The van der Waals surface area contributed by atoms with Crippen LogP contribution in [0.1, 0.15) is 11.6 Å². The van der Waals surface area contributed by atoms with Crippen LogP contribution in [0.2, 0.25) is 5.02 Å². The zero-order chi connectivity index (χ0) is 13.5. The van der Waals surface area contributed by atoms with Crippen molar-refractivity contribution in [1.29, 1.82) is 5.26 Å². The molecule has 1 N–H and O–H groups in total. The number of nitriles is 1. The highest BCUT2D eigenvalue weighted by Gasteiger charge is 2.12. The third kappa shape index (κ3) is 4.48. The standard InChI is InChI=1S/C14H18ClN3O/c15-13-3-1-12(2-4-13)14(11-16)17-5-6-18-7-9-19-10-8-18/h1-4,14,17H,5-10H2. The first-order valence-corrected chi connectivity index (χ1v) is 6.86. The molecule has 1 fully saturated rings. The summed E-state index contributed by atoms with van der Waals surface area (Å²) in [5.74, 6) is 0. The first-order valence-electron chi connectivity index (χ1n) is 6.48. The van der Waals surface area contributed by atoms with Gasteiger partial charge in [0.2, 0.25) is 0 Å². The minimum atomic E-state index is -0.279. The Bertz CT molecular complexity index is 423. The van der Waals surface area contributed by atoms with E-state index in [1.54, 1.807) is 0 Å². The van der Waals surface area contributed by atoms with Gasteiger partial charge in [-0.25, -0.2) is 0 Å². The summed E-state index contributed by atoms with van der Waals surface area (Å²) >= 11 is 5.84. The van der Waals surface area contributed by atoms with Gasteiger partial charge in [0.25, 0.3) is 0 Å². The minimum absolute atomic E-state index is 0.279. The van der Waals surface area contributed by atoms with E-state index in [-0.39, 0.29) is 6.04 Å². The number of morpholine rings is 1. The smallest absolute Gasteiger partial charge is 0.121 e. The highest BCUT2D eigenvalue weighted by Crippen LogP contribution is 2.15. The molecule has 1 aliphatic heterocycles. The fourth-order valence-corrected chi connectivity index (χ4v) is 2.21. The Balaban J connectivity index is 1.79. The number of hydrogen-bond acceptors (Lipinski definition) is 4. The molecule has 0 bridgehead atoms. The summed E-state index contributed by atoms with van der Waals surface area (Å²) < 4.78 is 5.30. The van der Waals surface area contributed by atoms with E-state index in [4.69, 9.17) is 16.3 Å². The van der Waals surface area contributed by atoms with Crippen molar-refractivity contribution in [3.05, 3.63) is 34.9 Å². The lowest BCUT2D eigenvalue weighted by Gasteiger charge is -2.27. The van der Waals surface area contributed by atoms with Gasteiger partial charge in [0, 0.05) is 31.2 Å². The van der Waals surface area contributed by atoms with Crippen LogP contribution in [-0.4, -0.2) is 44.3 Å². The molecule has 1 aromatic carbocycles. The Kier molecular flexibility index (Phi) is 5.62. The Labute approximate surface area is 118 Å². The van der Waals surface area contributed by atoms with E-state index in [0.717, 1.165) is 45.0 Å². The molecule has 0 aromatic heterocycles. The maximum absolute atomic E-state index is 9.21. The lowest BCUT2D eigenvalue weighted by molar-refractivity contribution is 0.0383. The van der Waals surface area contributed by atoms with E-state index in [0.29, 0.717) is 5.02 Å². The topological polar surface area (TPSA) is 48.3 Å². The molecule has 0 saturated carbocycles. The molecule has 1 unspecified atom stereocenters. The van der Waals surface area contributed by atoms with Gasteiger partial charge < -0.3 is 4.74 Å². The number of rotatable bonds is 5. The van der Waals surface area contributed by atoms with Gasteiger partial charge in [0.05, 0.1) is 19.3 Å². The van der Waals surface area contributed by atoms with E-state index in [1.807, 2.05) is 24.3 Å². The van der Waals surface area contributed by atoms with Gasteiger partial charge in [0.15, 0.2) is 0 Å². The molecule has 0 radical (unpaired) electrons. The predicted molar refractivity (Wildman–Crippen MR) is 75.1 cm³/mol. The van der Waals surface area contributed by atoms with Gasteiger partial charge in [-0.3, -0.25) is 10.2 Å². The zero-order valence-electron chi connectivity index (χ0n) is 10.8. The third-order valence-corrected chi connectivity index (χ3v) is 3.46. The van der Waals surface area contributed by atoms with E-state index in [1.165, 1.54) is 0 Å². The minimum Gasteiger partial charge on any atom is -0.379 e. The van der Waals surface area contributed by atoms with Crippen LogP contribution in [0.5, 0.6) is 0 Å². The fourth-order valence-electron chi connectivity index (χ4n) is 2.09. The van der Waals surface area contributed by atoms with Gasteiger partial charge in [-0.15, -0.1) is 0 Å². The normalized spacial score (nSPS) is 17.9. The van der Waals surface area contributed by atoms with Gasteiger partial charge >= 0.3 is 0 Å². The summed E-state index contributed by atoms with van der Waals surface area (Å²) in [7, 11) is 0. The summed E-state index contributed by atoms with van der Waals surface area (Å²) in [6.45, 7) is 5.29. The molecule has 19 heavy (non-hydrogen) atoms. The second-order valence-corrected chi connectivity index (χ2v) is 4.96. The lowest BCUT2D eigenvalue weighted by atomic mass is 10.1. The quantitative estimate of drug-likeness (QED) is 0.893. The predicted octanol–water partition coefficient (Wildman–Crippen LogP) is 1.83. The summed E-state index contributed by atoms with van der Waals surface area (Å²) in [5, 5.41) is 13.2. The Morgan fingerprint density at radius 1 is 1.32 bits per heavy atom. The molecule has 2 rings (SSSR count). The van der Waals surface area contributed by atoms with Gasteiger partial charge in [0.1, 0.15) is 6.04 Å². The summed E-state index contributed by atoms with van der Waals surface area (Å²) in [6, 6.07) is 9.39. The van der Waals surface area contributed by atoms with Crippen LogP contribution >= 0.6 is 11.6 Å². The molecule has 5 heteroatoms. The molecule has 0 aliphatic carbocycles. The lowest BCUT2D eigenvalue weighted by Crippen LogP contribution is -2.40. The van der Waals surface area contributed by atoms with Crippen molar-refractivity contribution in [2.75, 3.05) is 39.4 Å². The van der Waals surface area contributed by atoms with Crippen molar-refractivity contribution in [2.45, 2.75) is 6.04 Å². The van der Waals surface area contributed by atoms with Gasteiger partial charge in [-0.05, 0) is 17.7 Å². The number of hydrogen-bond donors (Lipinski definition) is 1. The van der Waals surface area contributed by atoms with Crippen molar-refractivity contribution in [3.63, 3.8) is 0 Å². The van der Waals surface area contributed by atoms with Gasteiger partial charge in [-0.1, -0.05) is 23.7 Å². The Morgan fingerprint density at radius 3 is 2.63 bits per heavy atom. The molecular formula is C14H18ClN3O. The highest BCUT2D eigenvalue weighted by atomic mass is 35.5. The first kappa shape index (κ1) is 14.3. The number of benzene rings is 1. The summed E-state index contributed by atoms with van der Waals surface area (Å²) in [4.78, 5) is 2.34. The Morgan fingerprint density at radius 2 is 2.00 bits per heavy atom. The maximum Gasteiger partial charge on any atom is 0.121 e. The van der Waals surface area contributed by atoms with E-state index in [9.17, 15) is 5.26 Å². The second kappa shape index (κ2) is 7.46. The molecular weight excluding hydrogens is 262 g/mol. The van der Waals surface area contributed by atoms with Crippen molar-refractivity contribution < 1.29 is 4.74 Å². The van der Waals surface area contributed by atoms with E-state index >= 15 is 0 Å². The van der Waals surface area contributed by atoms with Crippen LogP contribution in [0.3, 0.4) is 0 Å². The zero-order valence-corrected chi connectivity index (χ0v) is 11.6. The monoisotopic (exact) mass is 279 g/mol. The second-order valence-electron chi connectivity index (χ2n) is 4.52. The summed E-state index contributed by atoms with van der Waals surface area (Å²) in [5.41, 5.74) is 0.953. The molecule has 102 valence electrons. The van der Waals surface area contributed by atoms with Crippen molar-refractivity contribution in [3.8, 4) is 6.07 Å². The van der Waals surface area contributed by atoms with E-state index in [2.05, 4.69) is 16.3 Å². The maximum atomic E-state index is 9.21. The highest BCUT2D eigenvalue weighted by molar-refractivity contribution is 6.30. The van der Waals surface area contributed by atoms with Gasteiger partial charge in [-0.2, -0.15) is 5.26 Å². The van der Waals surface area contributed by atoms with Crippen LogP contribution in [0.4, 0.5) is 0 Å². The first-order chi connectivity index (χ1) is 9.29. The molecule has 1 aliphatic rings.